The summed E-state index contributed by atoms with van der Waals surface area (Å²) in [6, 6.07) is 17.7. The van der Waals surface area contributed by atoms with Crippen LogP contribution in [0.4, 0.5) is 5.69 Å². The van der Waals surface area contributed by atoms with Crippen LogP contribution < -0.4 is 10.6 Å². The Morgan fingerprint density at radius 2 is 1.80 bits per heavy atom. The van der Waals surface area contributed by atoms with Crippen LogP contribution in [0.25, 0.3) is 0 Å². The van der Waals surface area contributed by atoms with Gasteiger partial charge >= 0.3 is 0 Å². The van der Waals surface area contributed by atoms with Gasteiger partial charge in [-0.3, -0.25) is 9.59 Å². The third-order valence-electron chi connectivity index (χ3n) is 4.95. The van der Waals surface area contributed by atoms with Crippen molar-refractivity contribution in [2.24, 2.45) is 5.92 Å². The smallest absolute Gasteiger partial charge is 0.263 e. The molecule has 1 unspecified atom stereocenters. The van der Waals surface area contributed by atoms with Gasteiger partial charge in [-0.25, -0.2) is 4.98 Å². The Morgan fingerprint density at radius 3 is 2.53 bits per heavy atom. The molecular formula is C24H27N3O2S. The number of anilines is 1. The largest absolute Gasteiger partial charge is 0.347 e. The van der Waals surface area contributed by atoms with E-state index in [0.29, 0.717) is 11.4 Å². The molecule has 1 aromatic heterocycles. The summed E-state index contributed by atoms with van der Waals surface area (Å²) in [4.78, 5) is 30.0. The average molecular weight is 422 g/mol. The van der Waals surface area contributed by atoms with E-state index in [1.807, 2.05) is 63.2 Å². The second-order valence-corrected chi connectivity index (χ2v) is 8.45. The van der Waals surface area contributed by atoms with Crippen molar-refractivity contribution >= 4 is 28.8 Å². The van der Waals surface area contributed by atoms with Crippen molar-refractivity contribution in [2.75, 3.05) is 5.32 Å². The summed E-state index contributed by atoms with van der Waals surface area (Å²) < 4.78 is 0. The number of hydrogen-bond donors (Lipinski definition) is 2. The fourth-order valence-corrected chi connectivity index (χ4v) is 4.00. The van der Waals surface area contributed by atoms with Crippen LogP contribution in [-0.2, 0) is 17.8 Å². The van der Waals surface area contributed by atoms with E-state index in [2.05, 4.69) is 27.8 Å². The minimum absolute atomic E-state index is 0.00455. The topological polar surface area (TPSA) is 71.1 Å². The highest BCUT2D eigenvalue weighted by Gasteiger charge is 2.16. The van der Waals surface area contributed by atoms with Crippen molar-refractivity contribution in [1.82, 2.24) is 10.3 Å². The maximum Gasteiger partial charge on any atom is 0.263 e. The lowest BCUT2D eigenvalue weighted by Gasteiger charge is -2.11. The molecule has 0 aliphatic carbocycles. The lowest BCUT2D eigenvalue weighted by Crippen LogP contribution is -2.23. The van der Waals surface area contributed by atoms with Crippen LogP contribution in [0, 0.1) is 12.8 Å². The third-order valence-corrected chi connectivity index (χ3v) is 6.11. The predicted octanol–water partition coefficient (Wildman–Crippen LogP) is 4.96. The lowest BCUT2D eigenvalue weighted by atomic mass is 10.1. The van der Waals surface area contributed by atoms with Crippen LogP contribution in [0.2, 0.25) is 0 Å². The van der Waals surface area contributed by atoms with Gasteiger partial charge in [-0.15, -0.1) is 11.3 Å². The molecule has 0 saturated heterocycles. The number of nitrogens with zero attached hydrogens (tertiary/aromatic N) is 1. The Kier molecular flexibility index (Phi) is 7.36. The van der Waals surface area contributed by atoms with Crippen LogP contribution in [0.1, 0.15) is 51.8 Å². The Labute approximate surface area is 181 Å². The molecule has 0 bridgehead atoms. The minimum atomic E-state index is -0.127. The first kappa shape index (κ1) is 21.7. The number of benzene rings is 2. The second kappa shape index (κ2) is 10.2. The van der Waals surface area contributed by atoms with Crippen molar-refractivity contribution in [3.05, 3.63) is 81.3 Å². The Bertz CT molecular complexity index is 1010. The maximum absolute atomic E-state index is 12.7. The van der Waals surface area contributed by atoms with Crippen molar-refractivity contribution in [3.63, 3.8) is 0 Å². The molecule has 5 nitrogen and oxygen atoms in total. The number of carbonyl (C=O) groups excluding carboxylic acids is 2. The zero-order valence-corrected chi connectivity index (χ0v) is 18.4. The van der Waals surface area contributed by atoms with Gasteiger partial charge in [-0.1, -0.05) is 56.3 Å². The molecule has 2 aromatic carbocycles. The molecule has 2 amide bonds. The van der Waals surface area contributed by atoms with Crippen LogP contribution >= 0.6 is 11.3 Å². The highest BCUT2D eigenvalue weighted by molar-refractivity contribution is 7.13. The van der Waals surface area contributed by atoms with Crippen LogP contribution in [-0.4, -0.2) is 16.8 Å². The molecule has 3 aromatic rings. The number of amides is 2. The number of thiazole rings is 1. The third kappa shape index (κ3) is 5.76. The molecule has 30 heavy (non-hydrogen) atoms. The van der Waals surface area contributed by atoms with Crippen LogP contribution in [0.15, 0.2) is 54.6 Å². The number of carbonyl (C=O) groups is 2. The highest BCUT2D eigenvalue weighted by Crippen LogP contribution is 2.21. The summed E-state index contributed by atoms with van der Waals surface area (Å²) in [7, 11) is 0. The summed E-state index contributed by atoms with van der Waals surface area (Å²) in [6.45, 7) is 6.15. The van der Waals surface area contributed by atoms with Crippen molar-refractivity contribution < 1.29 is 9.59 Å². The second-order valence-electron chi connectivity index (χ2n) is 7.37. The van der Waals surface area contributed by atoms with Crippen LogP contribution in [0.5, 0.6) is 0 Å². The Hall–Kier alpha value is -2.99. The molecule has 6 heteroatoms. The van der Waals surface area contributed by atoms with E-state index in [4.69, 9.17) is 0 Å². The van der Waals surface area contributed by atoms with Gasteiger partial charge < -0.3 is 10.6 Å². The van der Waals surface area contributed by atoms with E-state index in [1.54, 1.807) is 0 Å². The zero-order chi connectivity index (χ0) is 21.5. The van der Waals surface area contributed by atoms with E-state index in [1.165, 1.54) is 16.9 Å². The molecule has 0 radical (unpaired) electrons. The van der Waals surface area contributed by atoms with Gasteiger partial charge in [0.15, 0.2) is 0 Å². The first-order valence-electron chi connectivity index (χ1n) is 10.1. The van der Waals surface area contributed by atoms with Gasteiger partial charge in [0.25, 0.3) is 5.91 Å². The molecule has 156 valence electrons. The summed E-state index contributed by atoms with van der Waals surface area (Å²) in [5.41, 5.74) is 3.59. The van der Waals surface area contributed by atoms with Gasteiger partial charge in [-0.05, 0) is 36.6 Å². The zero-order valence-electron chi connectivity index (χ0n) is 17.6. The number of aromatic nitrogens is 1. The summed E-state index contributed by atoms with van der Waals surface area (Å²) in [6.07, 6.45) is 1.51. The number of nitrogens with one attached hydrogen (secondary N) is 2. The first-order chi connectivity index (χ1) is 14.5. The molecule has 0 aliphatic rings. The quantitative estimate of drug-likeness (QED) is 0.540. The SMILES string of the molecule is CCC(C)C(=O)Nc1cccc(CNC(=O)c2sc(Cc3ccccc3)nc2C)c1. The summed E-state index contributed by atoms with van der Waals surface area (Å²) >= 11 is 1.43. The molecule has 2 N–H and O–H groups in total. The van der Waals surface area contributed by atoms with Crippen LogP contribution in [0.3, 0.4) is 0 Å². The molecule has 1 heterocycles. The van der Waals surface area contributed by atoms with E-state index >= 15 is 0 Å². The number of aryl methyl sites for hydroxylation is 1. The van der Waals surface area contributed by atoms with Gasteiger partial charge in [0.05, 0.1) is 10.7 Å². The molecule has 0 aliphatic heterocycles. The molecule has 0 fully saturated rings. The molecule has 1 atom stereocenters. The van der Waals surface area contributed by atoms with Crippen molar-refractivity contribution in [2.45, 2.75) is 40.2 Å². The molecule has 0 saturated carbocycles. The van der Waals surface area contributed by atoms with Crippen molar-refractivity contribution in [3.8, 4) is 0 Å². The molecule has 3 rings (SSSR count). The van der Waals surface area contributed by atoms with E-state index in [0.717, 1.165) is 34.8 Å². The normalized spacial score (nSPS) is 11.7. The average Bonchev–Trinajstić information content (AvgIpc) is 3.12. The minimum Gasteiger partial charge on any atom is -0.347 e. The van der Waals surface area contributed by atoms with E-state index in [9.17, 15) is 9.59 Å². The fourth-order valence-electron chi connectivity index (χ4n) is 2.98. The maximum atomic E-state index is 12.7. The summed E-state index contributed by atoms with van der Waals surface area (Å²) in [5, 5.41) is 6.82. The number of hydrogen-bond acceptors (Lipinski definition) is 4. The fraction of sp³-hybridized carbons (Fsp3) is 0.292. The predicted molar refractivity (Wildman–Crippen MR) is 122 cm³/mol. The monoisotopic (exact) mass is 421 g/mol. The lowest BCUT2D eigenvalue weighted by molar-refractivity contribution is -0.119. The molecule has 0 spiro atoms. The number of rotatable bonds is 8. The Morgan fingerprint density at radius 1 is 1.07 bits per heavy atom. The van der Waals surface area contributed by atoms with Gasteiger partial charge in [0.2, 0.25) is 5.91 Å². The van der Waals surface area contributed by atoms with Crippen molar-refractivity contribution in [1.29, 1.82) is 0 Å². The van der Waals surface area contributed by atoms with Gasteiger partial charge in [-0.2, -0.15) is 0 Å². The first-order valence-corrected chi connectivity index (χ1v) is 11.0. The van der Waals surface area contributed by atoms with E-state index in [-0.39, 0.29) is 17.7 Å². The van der Waals surface area contributed by atoms with Gasteiger partial charge in [0.1, 0.15) is 4.88 Å². The Balaban J connectivity index is 1.60. The summed E-state index contributed by atoms with van der Waals surface area (Å²) in [5.74, 6) is -0.156. The molecular weight excluding hydrogens is 394 g/mol. The van der Waals surface area contributed by atoms with E-state index < -0.39 is 0 Å². The standard InChI is InChI=1S/C24H27N3O2S/c1-4-16(2)23(28)27-20-12-8-11-19(13-20)15-25-24(29)22-17(3)26-21(30-22)14-18-9-6-5-7-10-18/h5-13,16H,4,14-15H2,1-3H3,(H,25,29)(H,27,28). The van der Waals surface area contributed by atoms with Gasteiger partial charge in [0, 0.05) is 24.6 Å². The highest BCUT2D eigenvalue weighted by atomic mass is 32.1.